The predicted octanol–water partition coefficient (Wildman–Crippen LogP) is 6.21. The standard InChI is InChI=1S/C30H31N5O2S/c1-4-21-11-16-25(17-12-21)32-29(37)26(5-2)38-30-34-33-28(35(30)3)23-14-18-24(19-15-23)31-27(36)20-13-22-9-7-6-8-10-22/h6-20,26H,4-5H2,1-3H3,(H,31,36)(H,32,37)/b20-13+. The first-order valence-corrected chi connectivity index (χ1v) is 13.4. The summed E-state index contributed by atoms with van der Waals surface area (Å²) in [5, 5.41) is 14.9. The zero-order chi connectivity index (χ0) is 26.9. The summed E-state index contributed by atoms with van der Waals surface area (Å²) in [6, 6.07) is 25.0. The predicted molar refractivity (Wildman–Crippen MR) is 155 cm³/mol. The van der Waals surface area contributed by atoms with Gasteiger partial charge in [-0.05, 0) is 66.4 Å². The van der Waals surface area contributed by atoms with Gasteiger partial charge in [-0.1, -0.05) is 68.1 Å². The van der Waals surface area contributed by atoms with Crippen molar-refractivity contribution in [1.29, 1.82) is 0 Å². The minimum Gasteiger partial charge on any atom is -0.325 e. The van der Waals surface area contributed by atoms with E-state index in [-0.39, 0.29) is 17.1 Å². The molecular formula is C30H31N5O2S. The van der Waals surface area contributed by atoms with Gasteiger partial charge in [-0.25, -0.2) is 0 Å². The molecule has 8 heteroatoms. The second-order valence-electron chi connectivity index (χ2n) is 8.73. The fraction of sp³-hybridized carbons (Fsp3) is 0.200. The van der Waals surface area contributed by atoms with Crippen molar-refractivity contribution in [3.63, 3.8) is 0 Å². The SMILES string of the molecule is CCc1ccc(NC(=O)C(CC)Sc2nnc(-c3ccc(NC(=O)/C=C/c4ccccc4)cc3)n2C)cc1. The van der Waals surface area contributed by atoms with E-state index in [0.717, 1.165) is 23.2 Å². The van der Waals surface area contributed by atoms with E-state index in [1.807, 2.05) is 97.4 Å². The maximum atomic E-state index is 12.9. The topological polar surface area (TPSA) is 88.9 Å². The molecular weight excluding hydrogens is 494 g/mol. The van der Waals surface area contributed by atoms with Gasteiger partial charge in [0.2, 0.25) is 11.8 Å². The molecule has 2 N–H and O–H groups in total. The summed E-state index contributed by atoms with van der Waals surface area (Å²) >= 11 is 1.39. The number of carbonyl (C=O) groups is 2. The van der Waals surface area contributed by atoms with Crippen LogP contribution < -0.4 is 10.6 Å². The minimum atomic E-state index is -0.307. The van der Waals surface area contributed by atoms with Crippen molar-refractivity contribution < 1.29 is 9.59 Å². The molecule has 194 valence electrons. The monoisotopic (exact) mass is 525 g/mol. The van der Waals surface area contributed by atoms with Crippen LogP contribution in [0.5, 0.6) is 0 Å². The Kier molecular flexibility index (Phi) is 9.11. The summed E-state index contributed by atoms with van der Waals surface area (Å²) in [4.78, 5) is 25.2. The molecule has 0 saturated carbocycles. The van der Waals surface area contributed by atoms with Crippen molar-refractivity contribution in [2.24, 2.45) is 7.05 Å². The number of aromatic nitrogens is 3. The molecule has 1 atom stereocenters. The van der Waals surface area contributed by atoms with Gasteiger partial charge in [0.1, 0.15) is 0 Å². The summed E-state index contributed by atoms with van der Waals surface area (Å²) in [7, 11) is 1.88. The van der Waals surface area contributed by atoms with E-state index in [9.17, 15) is 9.59 Å². The van der Waals surface area contributed by atoms with Crippen LogP contribution in [0, 0.1) is 0 Å². The average molecular weight is 526 g/mol. The fourth-order valence-corrected chi connectivity index (χ4v) is 4.71. The second-order valence-corrected chi connectivity index (χ2v) is 9.90. The minimum absolute atomic E-state index is 0.0623. The maximum absolute atomic E-state index is 12.9. The van der Waals surface area contributed by atoms with Gasteiger partial charge in [0.05, 0.1) is 5.25 Å². The Morgan fingerprint density at radius 2 is 1.55 bits per heavy atom. The van der Waals surface area contributed by atoms with Crippen LogP contribution in [0.1, 0.15) is 31.4 Å². The lowest BCUT2D eigenvalue weighted by atomic mass is 10.1. The van der Waals surface area contributed by atoms with E-state index in [2.05, 4.69) is 27.8 Å². The number of hydrogen-bond donors (Lipinski definition) is 2. The molecule has 1 heterocycles. The molecule has 0 aliphatic rings. The van der Waals surface area contributed by atoms with Crippen molar-refractivity contribution in [2.75, 3.05) is 10.6 Å². The van der Waals surface area contributed by atoms with Crippen LogP contribution >= 0.6 is 11.8 Å². The van der Waals surface area contributed by atoms with E-state index in [1.165, 1.54) is 23.4 Å². The van der Waals surface area contributed by atoms with Crippen molar-refractivity contribution >= 4 is 41.0 Å². The molecule has 38 heavy (non-hydrogen) atoms. The molecule has 1 unspecified atom stereocenters. The van der Waals surface area contributed by atoms with E-state index in [0.29, 0.717) is 23.1 Å². The smallest absolute Gasteiger partial charge is 0.248 e. The molecule has 0 aliphatic heterocycles. The number of rotatable bonds is 10. The van der Waals surface area contributed by atoms with Gasteiger partial charge < -0.3 is 15.2 Å². The third kappa shape index (κ3) is 6.98. The van der Waals surface area contributed by atoms with Crippen LogP contribution in [0.25, 0.3) is 17.5 Å². The molecule has 3 aromatic carbocycles. The molecule has 1 aromatic heterocycles. The van der Waals surface area contributed by atoms with Gasteiger partial charge in [-0.3, -0.25) is 9.59 Å². The molecule has 0 fully saturated rings. The third-order valence-corrected chi connectivity index (χ3v) is 7.41. The zero-order valence-corrected chi connectivity index (χ0v) is 22.5. The Morgan fingerprint density at radius 1 is 0.895 bits per heavy atom. The molecule has 0 saturated heterocycles. The van der Waals surface area contributed by atoms with E-state index < -0.39 is 0 Å². The summed E-state index contributed by atoms with van der Waals surface area (Å²) in [6.07, 6.45) is 4.89. The first kappa shape index (κ1) is 26.9. The highest BCUT2D eigenvalue weighted by molar-refractivity contribution is 8.00. The Morgan fingerprint density at radius 3 is 2.21 bits per heavy atom. The number of amides is 2. The summed E-state index contributed by atoms with van der Waals surface area (Å²) < 4.78 is 1.88. The second kappa shape index (κ2) is 12.9. The largest absolute Gasteiger partial charge is 0.325 e. The number of hydrogen-bond acceptors (Lipinski definition) is 5. The van der Waals surface area contributed by atoms with Crippen molar-refractivity contribution in [3.05, 3.63) is 96.1 Å². The Labute approximate surface area is 227 Å². The third-order valence-electron chi connectivity index (χ3n) is 6.01. The van der Waals surface area contributed by atoms with Gasteiger partial charge in [-0.2, -0.15) is 0 Å². The maximum Gasteiger partial charge on any atom is 0.248 e. The van der Waals surface area contributed by atoms with Crippen molar-refractivity contribution in [3.8, 4) is 11.4 Å². The first-order valence-electron chi connectivity index (χ1n) is 12.6. The average Bonchev–Trinajstić information content (AvgIpc) is 3.31. The number of aryl methyl sites for hydroxylation is 1. The van der Waals surface area contributed by atoms with Gasteiger partial charge in [0, 0.05) is 30.1 Å². The van der Waals surface area contributed by atoms with Crippen LogP contribution in [0.4, 0.5) is 11.4 Å². The van der Waals surface area contributed by atoms with Crippen LogP contribution in [0.15, 0.2) is 90.1 Å². The van der Waals surface area contributed by atoms with Gasteiger partial charge >= 0.3 is 0 Å². The molecule has 0 radical (unpaired) electrons. The van der Waals surface area contributed by atoms with Gasteiger partial charge in [0.25, 0.3) is 0 Å². The molecule has 7 nitrogen and oxygen atoms in total. The van der Waals surface area contributed by atoms with Crippen molar-refractivity contribution in [1.82, 2.24) is 14.8 Å². The fourth-order valence-electron chi connectivity index (χ4n) is 3.79. The lowest BCUT2D eigenvalue weighted by molar-refractivity contribution is -0.115. The highest BCUT2D eigenvalue weighted by Crippen LogP contribution is 2.28. The highest BCUT2D eigenvalue weighted by atomic mass is 32.2. The van der Waals surface area contributed by atoms with Gasteiger partial charge in [-0.15, -0.1) is 10.2 Å². The van der Waals surface area contributed by atoms with E-state index in [1.54, 1.807) is 6.08 Å². The van der Waals surface area contributed by atoms with Crippen LogP contribution in [0.3, 0.4) is 0 Å². The molecule has 4 rings (SSSR count). The van der Waals surface area contributed by atoms with E-state index >= 15 is 0 Å². The molecule has 0 spiro atoms. The summed E-state index contributed by atoms with van der Waals surface area (Å²) in [5.74, 6) is 0.414. The first-order chi connectivity index (χ1) is 18.5. The number of nitrogens with one attached hydrogen (secondary N) is 2. The summed E-state index contributed by atoms with van der Waals surface area (Å²) in [6.45, 7) is 4.08. The molecule has 4 aromatic rings. The van der Waals surface area contributed by atoms with Crippen LogP contribution in [-0.2, 0) is 23.1 Å². The molecule has 2 amide bonds. The van der Waals surface area contributed by atoms with Crippen molar-refractivity contribution in [2.45, 2.75) is 37.1 Å². The van der Waals surface area contributed by atoms with Gasteiger partial charge in [0.15, 0.2) is 11.0 Å². The highest BCUT2D eigenvalue weighted by Gasteiger charge is 2.22. The number of benzene rings is 3. The molecule has 0 aliphatic carbocycles. The lowest BCUT2D eigenvalue weighted by Gasteiger charge is -2.14. The normalized spacial score (nSPS) is 11.9. The number of nitrogens with zero attached hydrogens (tertiary/aromatic N) is 3. The zero-order valence-electron chi connectivity index (χ0n) is 21.7. The van der Waals surface area contributed by atoms with Crippen LogP contribution in [0.2, 0.25) is 0 Å². The van der Waals surface area contributed by atoms with E-state index in [4.69, 9.17) is 0 Å². The lowest BCUT2D eigenvalue weighted by Crippen LogP contribution is -2.25. The molecule has 0 bridgehead atoms. The Bertz CT molecular complexity index is 1400. The number of thioether (sulfide) groups is 1. The number of anilines is 2. The summed E-state index contributed by atoms with van der Waals surface area (Å²) in [5.41, 5.74) is 4.52. The quantitative estimate of drug-likeness (QED) is 0.190. The Balaban J connectivity index is 1.38. The Hall–Kier alpha value is -4.17. The number of carbonyl (C=O) groups excluding carboxylic acids is 2. The van der Waals surface area contributed by atoms with Crippen LogP contribution in [-0.4, -0.2) is 31.8 Å².